The molecular formula is C12H12BrClN2. The van der Waals surface area contributed by atoms with Gasteiger partial charge >= 0.3 is 0 Å². The Balaban J connectivity index is 2.73. The summed E-state index contributed by atoms with van der Waals surface area (Å²) < 4.78 is 0.997. The van der Waals surface area contributed by atoms with E-state index in [1.54, 1.807) is 0 Å². The van der Waals surface area contributed by atoms with Crippen LogP contribution in [0.15, 0.2) is 22.7 Å². The molecule has 0 aliphatic rings. The average molecular weight is 300 g/mol. The van der Waals surface area contributed by atoms with Crippen LogP contribution < -0.4 is 5.73 Å². The van der Waals surface area contributed by atoms with Gasteiger partial charge in [-0.2, -0.15) is 0 Å². The van der Waals surface area contributed by atoms with Gasteiger partial charge in [-0.15, -0.1) is 0 Å². The van der Waals surface area contributed by atoms with Gasteiger partial charge < -0.3 is 5.73 Å². The van der Waals surface area contributed by atoms with Crippen LogP contribution in [-0.2, 0) is 6.42 Å². The molecule has 0 unspecified atom stereocenters. The molecule has 0 saturated carbocycles. The van der Waals surface area contributed by atoms with Crippen LogP contribution in [0.25, 0.3) is 10.9 Å². The van der Waals surface area contributed by atoms with E-state index >= 15 is 0 Å². The maximum Gasteiger partial charge on any atom is 0.127 e. The zero-order chi connectivity index (χ0) is 11.7. The van der Waals surface area contributed by atoms with E-state index in [0.717, 1.165) is 33.8 Å². The quantitative estimate of drug-likeness (QED) is 0.903. The lowest BCUT2D eigenvalue weighted by Crippen LogP contribution is -1.98. The third-order valence-corrected chi connectivity index (χ3v) is 3.51. The first-order valence-corrected chi connectivity index (χ1v) is 6.33. The first-order valence-electron chi connectivity index (χ1n) is 5.16. The van der Waals surface area contributed by atoms with E-state index in [1.807, 2.05) is 12.1 Å². The number of nitrogen functional groups attached to an aromatic ring is 1. The highest BCUT2D eigenvalue weighted by Crippen LogP contribution is 2.31. The van der Waals surface area contributed by atoms with Crippen molar-refractivity contribution >= 4 is 44.3 Å². The number of nitrogens with two attached hydrogens (primary N) is 1. The van der Waals surface area contributed by atoms with Crippen LogP contribution in [0.2, 0.25) is 5.02 Å². The average Bonchev–Trinajstić information content (AvgIpc) is 2.26. The summed E-state index contributed by atoms with van der Waals surface area (Å²) in [6.07, 6.45) is 1.99. The third kappa shape index (κ3) is 2.02. The summed E-state index contributed by atoms with van der Waals surface area (Å²) >= 11 is 9.59. The molecule has 1 aromatic heterocycles. The number of pyridine rings is 1. The molecule has 0 aliphatic carbocycles. The smallest absolute Gasteiger partial charge is 0.127 e. The van der Waals surface area contributed by atoms with Crippen molar-refractivity contribution in [1.29, 1.82) is 0 Å². The molecule has 0 spiro atoms. The van der Waals surface area contributed by atoms with Crippen molar-refractivity contribution in [3.8, 4) is 0 Å². The van der Waals surface area contributed by atoms with E-state index in [-0.39, 0.29) is 0 Å². The minimum atomic E-state index is 0.578. The standard InChI is InChI=1S/C12H12BrClN2/c1-2-3-7-6-8-9(13)4-5-10(14)11(8)16-12(7)15/h4-6H,2-3H2,1H3,(H2,15,16). The van der Waals surface area contributed by atoms with Gasteiger partial charge in [0, 0.05) is 9.86 Å². The van der Waals surface area contributed by atoms with Crippen molar-refractivity contribution < 1.29 is 0 Å². The van der Waals surface area contributed by atoms with Crippen LogP contribution in [-0.4, -0.2) is 4.98 Å². The van der Waals surface area contributed by atoms with Crippen molar-refractivity contribution in [3.05, 3.63) is 33.3 Å². The molecule has 2 rings (SSSR count). The van der Waals surface area contributed by atoms with E-state index < -0.39 is 0 Å². The minimum absolute atomic E-state index is 0.578. The third-order valence-electron chi connectivity index (χ3n) is 2.51. The molecule has 4 heteroatoms. The maximum absolute atomic E-state index is 6.09. The van der Waals surface area contributed by atoms with E-state index in [0.29, 0.717) is 10.8 Å². The highest BCUT2D eigenvalue weighted by molar-refractivity contribution is 9.10. The van der Waals surface area contributed by atoms with Crippen molar-refractivity contribution in [1.82, 2.24) is 4.98 Å². The van der Waals surface area contributed by atoms with Gasteiger partial charge in [0.15, 0.2) is 0 Å². The second-order valence-corrected chi connectivity index (χ2v) is 4.97. The van der Waals surface area contributed by atoms with Crippen LogP contribution in [0, 0.1) is 0 Å². The Morgan fingerprint density at radius 3 is 2.88 bits per heavy atom. The molecule has 84 valence electrons. The van der Waals surface area contributed by atoms with Crippen molar-refractivity contribution in [3.63, 3.8) is 0 Å². The summed E-state index contributed by atoms with van der Waals surface area (Å²) in [6, 6.07) is 5.81. The Kier molecular flexibility index (Phi) is 3.36. The summed E-state index contributed by atoms with van der Waals surface area (Å²) in [4.78, 5) is 4.37. The van der Waals surface area contributed by atoms with Gasteiger partial charge in [0.05, 0.1) is 10.5 Å². The summed E-state index contributed by atoms with van der Waals surface area (Å²) in [7, 11) is 0. The Bertz CT molecular complexity index is 540. The molecule has 1 heterocycles. The van der Waals surface area contributed by atoms with E-state index in [1.165, 1.54) is 0 Å². The lowest BCUT2D eigenvalue weighted by molar-refractivity contribution is 0.921. The number of aryl methyl sites for hydroxylation is 1. The number of hydrogen-bond acceptors (Lipinski definition) is 2. The molecule has 16 heavy (non-hydrogen) atoms. The highest BCUT2D eigenvalue weighted by atomic mass is 79.9. The molecule has 1 aromatic carbocycles. The van der Waals surface area contributed by atoms with Crippen LogP contribution >= 0.6 is 27.5 Å². The Hall–Kier alpha value is -0.800. The number of anilines is 1. The summed E-state index contributed by atoms with van der Waals surface area (Å²) in [5.41, 5.74) is 7.75. The van der Waals surface area contributed by atoms with Gasteiger partial charge in [-0.05, 0) is 30.2 Å². The van der Waals surface area contributed by atoms with Gasteiger partial charge in [0.25, 0.3) is 0 Å². The van der Waals surface area contributed by atoms with Crippen molar-refractivity contribution in [2.45, 2.75) is 19.8 Å². The number of hydrogen-bond donors (Lipinski definition) is 1. The molecular weight excluding hydrogens is 288 g/mol. The number of halogens is 2. The fourth-order valence-electron chi connectivity index (χ4n) is 1.72. The van der Waals surface area contributed by atoms with Gasteiger partial charge in [-0.25, -0.2) is 4.98 Å². The van der Waals surface area contributed by atoms with Crippen molar-refractivity contribution in [2.75, 3.05) is 5.73 Å². The second-order valence-electron chi connectivity index (χ2n) is 3.71. The monoisotopic (exact) mass is 298 g/mol. The Labute approximate surface area is 108 Å². The van der Waals surface area contributed by atoms with Gasteiger partial charge in [0.1, 0.15) is 5.82 Å². The van der Waals surface area contributed by atoms with Gasteiger partial charge in [-0.1, -0.05) is 40.9 Å². The fourth-order valence-corrected chi connectivity index (χ4v) is 2.36. The first-order chi connectivity index (χ1) is 7.63. The number of benzene rings is 1. The minimum Gasteiger partial charge on any atom is -0.383 e. The lowest BCUT2D eigenvalue weighted by atomic mass is 10.1. The number of aromatic nitrogens is 1. The molecule has 0 aliphatic heterocycles. The molecule has 0 saturated heterocycles. The molecule has 0 atom stereocenters. The van der Waals surface area contributed by atoms with E-state index in [4.69, 9.17) is 17.3 Å². The molecule has 0 amide bonds. The maximum atomic E-state index is 6.09. The molecule has 2 nitrogen and oxygen atoms in total. The molecule has 2 aromatic rings. The second kappa shape index (κ2) is 4.60. The largest absolute Gasteiger partial charge is 0.383 e. The molecule has 0 radical (unpaired) electrons. The molecule has 0 bridgehead atoms. The predicted octanol–water partition coefficient (Wildman–Crippen LogP) is 4.19. The molecule has 2 N–H and O–H groups in total. The van der Waals surface area contributed by atoms with E-state index in [9.17, 15) is 0 Å². The van der Waals surface area contributed by atoms with Crippen LogP contribution in [0.5, 0.6) is 0 Å². The SMILES string of the molecule is CCCc1cc2c(Br)ccc(Cl)c2nc1N. The van der Waals surface area contributed by atoms with Gasteiger partial charge in [0.2, 0.25) is 0 Å². The lowest BCUT2D eigenvalue weighted by Gasteiger charge is -2.08. The zero-order valence-corrected chi connectivity index (χ0v) is 11.3. The van der Waals surface area contributed by atoms with Crippen LogP contribution in [0.1, 0.15) is 18.9 Å². The Morgan fingerprint density at radius 1 is 1.44 bits per heavy atom. The summed E-state index contributed by atoms with van der Waals surface area (Å²) in [5.74, 6) is 0.578. The number of rotatable bonds is 2. The fraction of sp³-hybridized carbons (Fsp3) is 0.250. The summed E-state index contributed by atoms with van der Waals surface area (Å²) in [6.45, 7) is 2.12. The molecule has 0 fully saturated rings. The zero-order valence-electron chi connectivity index (χ0n) is 8.93. The van der Waals surface area contributed by atoms with E-state index in [2.05, 4.69) is 33.9 Å². The van der Waals surface area contributed by atoms with Gasteiger partial charge in [-0.3, -0.25) is 0 Å². The van der Waals surface area contributed by atoms with Crippen LogP contribution in [0.4, 0.5) is 5.82 Å². The first kappa shape index (κ1) is 11.7. The number of nitrogens with zero attached hydrogens (tertiary/aromatic N) is 1. The summed E-state index contributed by atoms with van der Waals surface area (Å²) in [5, 5.41) is 1.65. The highest BCUT2D eigenvalue weighted by Gasteiger charge is 2.08. The number of fused-ring (bicyclic) bond motifs is 1. The Morgan fingerprint density at radius 2 is 2.19 bits per heavy atom. The van der Waals surface area contributed by atoms with Crippen molar-refractivity contribution in [2.24, 2.45) is 0 Å². The van der Waals surface area contributed by atoms with Crippen LogP contribution in [0.3, 0.4) is 0 Å². The predicted molar refractivity (Wildman–Crippen MR) is 72.9 cm³/mol. The topological polar surface area (TPSA) is 38.9 Å². The normalized spacial score (nSPS) is 10.9.